The summed E-state index contributed by atoms with van der Waals surface area (Å²) >= 11 is 0. The van der Waals surface area contributed by atoms with E-state index in [2.05, 4.69) is 15.2 Å². The van der Waals surface area contributed by atoms with E-state index in [-0.39, 0.29) is 5.91 Å². The summed E-state index contributed by atoms with van der Waals surface area (Å²) in [6.07, 6.45) is 1.89. The Labute approximate surface area is 173 Å². The molecule has 1 aliphatic heterocycles. The number of morpholine rings is 1. The maximum Gasteiger partial charge on any atom is 0.259 e. The van der Waals surface area contributed by atoms with E-state index < -0.39 is 0 Å². The van der Waals surface area contributed by atoms with Crippen LogP contribution in [0.5, 0.6) is 0 Å². The lowest BCUT2D eigenvalue weighted by Crippen LogP contribution is -2.40. The van der Waals surface area contributed by atoms with E-state index in [4.69, 9.17) is 9.26 Å². The van der Waals surface area contributed by atoms with E-state index >= 15 is 0 Å². The molecule has 0 spiro atoms. The number of ether oxygens (including phenoxy) is 1. The summed E-state index contributed by atoms with van der Waals surface area (Å²) in [6.45, 7) is 4.93. The molecule has 3 aromatic heterocycles. The molecule has 0 atom stereocenters. The third-order valence-electron chi connectivity index (χ3n) is 5.25. The summed E-state index contributed by atoms with van der Waals surface area (Å²) in [5.74, 6) is -0.0812. The van der Waals surface area contributed by atoms with Gasteiger partial charge in [-0.25, -0.2) is 4.98 Å². The number of carbonyl (C=O) groups is 1. The van der Waals surface area contributed by atoms with Crippen LogP contribution in [0.25, 0.3) is 33.7 Å². The highest BCUT2D eigenvalue weighted by molar-refractivity contribution is 6.10. The van der Waals surface area contributed by atoms with Crippen LogP contribution in [-0.4, -0.2) is 57.0 Å². The first-order valence-electron chi connectivity index (χ1n) is 10.0. The first kappa shape index (κ1) is 18.5. The Bertz CT molecular complexity index is 1190. The van der Waals surface area contributed by atoms with Crippen LogP contribution in [0.1, 0.15) is 17.3 Å². The smallest absolute Gasteiger partial charge is 0.259 e. The molecule has 0 bridgehead atoms. The lowest BCUT2D eigenvalue weighted by Gasteiger charge is -2.27. The Balaban J connectivity index is 1.69. The molecule has 0 saturated carbocycles. The van der Waals surface area contributed by atoms with E-state index in [1.165, 1.54) is 0 Å². The predicted octanol–water partition coefficient (Wildman–Crippen LogP) is 3.25. The molecular formula is C22H21N5O3. The minimum absolute atomic E-state index is 0.0812. The van der Waals surface area contributed by atoms with Crippen LogP contribution in [0.3, 0.4) is 0 Å². The number of hydrogen-bond acceptors (Lipinski definition) is 6. The number of rotatable bonds is 4. The number of carbonyl (C=O) groups excluding carboxylic acids is 1. The van der Waals surface area contributed by atoms with E-state index in [1.807, 2.05) is 54.2 Å². The van der Waals surface area contributed by atoms with E-state index in [1.54, 1.807) is 11.0 Å². The zero-order chi connectivity index (χ0) is 20.5. The van der Waals surface area contributed by atoms with E-state index in [0.29, 0.717) is 60.0 Å². The van der Waals surface area contributed by atoms with Crippen molar-refractivity contribution in [2.75, 3.05) is 26.3 Å². The number of hydrogen-bond donors (Lipinski definition) is 0. The molecule has 1 amide bonds. The van der Waals surface area contributed by atoms with Gasteiger partial charge in [0.1, 0.15) is 11.4 Å². The van der Waals surface area contributed by atoms with Gasteiger partial charge >= 0.3 is 0 Å². The fourth-order valence-corrected chi connectivity index (χ4v) is 3.66. The lowest BCUT2D eigenvalue weighted by molar-refractivity contribution is 0.0304. The van der Waals surface area contributed by atoms with Gasteiger partial charge in [-0.1, -0.05) is 35.5 Å². The molecule has 152 valence electrons. The number of aromatic nitrogens is 4. The second-order valence-corrected chi connectivity index (χ2v) is 7.09. The number of nitrogens with zero attached hydrogens (tertiary/aromatic N) is 5. The zero-order valence-corrected chi connectivity index (χ0v) is 16.6. The average molecular weight is 403 g/mol. The quantitative estimate of drug-likeness (QED) is 0.520. The van der Waals surface area contributed by atoms with Gasteiger partial charge in [0, 0.05) is 31.4 Å². The van der Waals surface area contributed by atoms with E-state index in [0.717, 1.165) is 12.1 Å². The number of fused-ring (bicyclic) bond motifs is 1. The Morgan fingerprint density at radius 3 is 2.63 bits per heavy atom. The van der Waals surface area contributed by atoms with Crippen LogP contribution in [0.15, 0.2) is 53.2 Å². The van der Waals surface area contributed by atoms with Crippen molar-refractivity contribution >= 4 is 17.0 Å². The summed E-state index contributed by atoms with van der Waals surface area (Å²) in [4.78, 5) is 19.9. The normalized spacial score (nSPS) is 14.4. The molecule has 4 aromatic rings. The van der Waals surface area contributed by atoms with Gasteiger partial charge in [-0.05, 0) is 19.1 Å². The van der Waals surface area contributed by atoms with Gasteiger partial charge < -0.3 is 14.2 Å². The van der Waals surface area contributed by atoms with Crippen molar-refractivity contribution in [1.82, 2.24) is 24.8 Å². The van der Waals surface area contributed by atoms with Gasteiger partial charge in [0.05, 0.1) is 29.9 Å². The van der Waals surface area contributed by atoms with Crippen LogP contribution in [-0.2, 0) is 11.3 Å². The Kier molecular flexibility index (Phi) is 4.76. The second-order valence-electron chi connectivity index (χ2n) is 7.09. The molecule has 0 radical (unpaired) electrons. The zero-order valence-electron chi connectivity index (χ0n) is 16.6. The third-order valence-corrected chi connectivity index (χ3v) is 5.25. The van der Waals surface area contributed by atoms with Crippen molar-refractivity contribution in [3.63, 3.8) is 0 Å². The monoisotopic (exact) mass is 403 g/mol. The highest BCUT2D eigenvalue weighted by Gasteiger charge is 2.26. The summed E-state index contributed by atoms with van der Waals surface area (Å²) in [5, 5.41) is 9.40. The molecule has 0 unspecified atom stereocenters. The largest absolute Gasteiger partial charge is 0.378 e. The van der Waals surface area contributed by atoms with E-state index in [9.17, 15) is 4.79 Å². The van der Waals surface area contributed by atoms with Crippen molar-refractivity contribution in [2.24, 2.45) is 0 Å². The van der Waals surface area contributed by atoms with Crippen LogP contribution >= 0.6 is 0 Å². The molecule has 1 aromatic carbocycles. The Hall–Kier alpha value is -3.52. The maximum atomic E-state index is 13.5. The molecule has 4 heterocycles. The maximum absolute atomic E-state index is 13.5. The number of amides is 1. The minimum Gasteiger partial charge on any atom is -0.378 e. The summed E-state index contributed by atoms with van der Waals surface area (Å²) in [7, 11) is 0. The molecule has 1 saturated heterocycles. The van der Waals surface area contributed by atoms with Gasteiger partial charge in [0.2, 0.25) is 0 Å². The van der Waals surface area contributed by atoms with Crippen molar-refractivity contribution in [3.8, 4) is 22.6 Å². The topological polar surface area (TPSA) is 86.3 Å². The van der Waals surface area contributed by atoms with Crippen LogP contribution in [0, 0.1) is 0 Å². The van der Waals surface area contributed by atoms with Gasteiger partial charge in [0.25, 0.3) is 11.6 Å². The van der Waals surface area contributed by atoms with Crippen LogP contribution in [0.2, 0.25) is 0 Å². The lowest BCUT2D eigenvalue weighted by atomic mass is 10.0. The fourth-order valence-electron chi connectivity index (χ4n) is 3.66. The van der Waals surface area contributed by atoms with Crippen molar-refractivity contribution in [2.45, 2.75) is 13.5 Å². The number of benzene rings is 1. The first-order valence-corrected chi connectivity index (χ1v) is 10.0. The van der Waals surface area contributed by atoms with Crippen molar-refractivity contribution in [1.29, 1.82) is 0 Å². The van der Waals surface area contributed by atoms with Crippen LogP contribution < -0.4 is 0 Å². The summed E-state index contributed by atoms with van der Waals surface area (Å²) < 4.78 is 12.8. The molecule has 1 aliphatic rings. The Morgan fingerprint density at radius 1 is 1.10 bits per heavy atom. The third kappa shape index (κ3) is 3.25. The molecule has 1 fully saturated rings. The van der Waals surface area contributed by atoms with Crippen molar-refractivity contribution < 1.29 is 14.1 Å². The summed E-state index contributed by atoms with van der Waals surface area (Å²) in [5.41, 5.74) is 3.60. The molecule has 8 nitrogen and oxygen atoms in total. The SMILES string of the molecule is CCn1ccc(-c2cc(C(=O)N3CCOCC3)c3c(-c4ccccc4)noc3n2)n1. The van der Waals surface area contributed by atoms with Gasteiger partial charge in [-0.15, -0.1) is 0 Å². The highest BCUT2D eigenvalue weighted by atomic mass is 16.5. The standard InChI is InChI=1S/C22H21N5O3/c1-2-27-9-8-17(24-27)18-14-16(22(28)26-10-12-29-13-11-26)19-20(25-30-21(19)23-18)15-6-4-3-5-7-15/h3-9,14H,2,10-13H2,1H3. The fraction of sp³-hybridized carbons (Fsp3) is 0.273. The summed E-state index contributed by atoms with van der Waals surface area (Å²) in [6, 6.07) is 13.4. The molecule has 30 heavy (non-hydrogen) atoms. The van der Waals surface area contributed by atoms with Gasteiger partial charge in [-0.2, -0.15) is 5.10 Å². The van der Waals surface area contributed by atoms with Crippen LogP contribution in [0.4, 0.5) is 0 Å². The molecular weight excluding hydrogens is 382 g/mol. The number of pyridine rings is 1. The van der Waals surface area contributed by atoms with Crippen molar-refractivity contribution in [3.05, 3.63) is 54.2 Å². The van der Waals surface area contributed by atoms with Gasteiger partial charge in [0.15, 0.2) is 0 Å². The number of aryl methyl sites for hydroxylation is 1. The predicted molar refractivity (Wildman–Crippen MR) is 111 cm³/mol. The van der Waals surface area contributed by atoms with Gasteiger partial charge in [-0.3, -0.25) is 9.48 Å². The molecule has 5 rings (SSSR count). The Morgan fingerprint density at radius 2 is 1.90 bits per heavy atom. The molecule has 0 N–H and O–H groups in total. The highest BCUT2D eigenvalue weighted by Crippen LogP contribution is 2.33. The minimum atomic E-state index is -0.0812. The second kappa shape index (κ2) is 7.72. The molecule has 0 aliphatic carbocycles. The molecule has 8 heteroatoms. The average Bonchev–Trinajstić information content (AvgIpc) is 3.46. The first-order chi connectivity index (χ1) is 14.7.